The average molecular weight is 343 g/mol. The van der Waals surface area contributed by atoms with Crippen LogP contribution >= 0.6 is 0 Å². The Kier molecular flexibility index (Phi) is 5.49. The van der Waals surface area contributed by atoms with Crippen LogP contribution in [0.1, 0.15) is 22.8 Å². The van der Waals surface area contributed by atoms with E-state index in [2.05, 4.69) is 54.7 Å². The van der Waals surface area contributed by atoms with Gasteiger partial charge in [-0.15, -0.1) is 0 Å². The molecular weight excluding hydrogens is 322 g/mol. The first-order valence-electron chi connectivity index (χ1n) is 8.52. The topological polar surface area (TPSA) is 49.3 Å². The van der Waals surface area contributed by atoms with Crippen molar-refractivity contribution in [1.82, 2.24) is 0 Å². The van der Waals surface area contributed by atoms with Crippen molar-refractivity contribution in [3.05, 3.63) is 95.6 Å². The minimum Gasteiger partial charge on any atom is -0.478 e. The van der Waals surface area contributed by atoms with E-state index in [-0.39, 0.29) is 0 Å². The van der Waals surface area contributed by atoms with Crippen LogP contribution in [0.4, 0.5) is 5.69 Å². The van der Waals surface area contributed by atoms with E-state index in [0.29, 0.717) is 5.56 Å². The number of anilines is 1. The van der Waals surface area contributed by atoms with Gasteiger partial charge < -0.3 is 10.4 Å². The van der Waals surface area contributed by atoms with Gasteiger partial charge >= 0.3 is 5.97 Å². The monoisotopic (exact) mass is 343 g/mol. The number of carboxylic acids is 1. The van der Waals surface area contributed by atoms with E-state index in [1.165, 1.54) is 16.7 Å². The highest BCUT2D eigenvalue weighted by Crippen LogP contribution is 2.21. The fourth-order valence-corrected chi connectivity index (χ4v) is 2.71. The Balaban J connectivity index is 1.60. The molecule has 0 radical (unpaired) electrons. The molecule has 0 saturated carbocycles. The van der Waals surface area contributed by atoms with Gasteiger partial charge in [0, 0.05) is 12.2 Å². The number of hydrogen-bond donors (Lipinski definition) is 2. The molecule has 26 heavy (non-hydrogen) atoms. The van der Waals surface area contributed by atoms with Crippen LogP contribution in [0.5, 0.6) is 0 Å². The zero-order valence-corrected chi connectivity index (χ0v) is 14.6. The Labute approximate surface area is 153 Å². The van der Waals surface area contributed by atoms with E-state index in [9.17, 15) is 4.79 Å². The quantitative estimate of drug-likeness (QED) is 0.615. The van der Waals surface area contributed by atoms with E-state index in [4.69, 9.17) is 5.11 Å². The van der Waals surface area contributed by atoms with Crippen molar-refractivity contribution in [2.75, 3.05) is 11.9 Å². The van der Waals surface area contributed by atoms with E-state index in [0.717, 1.165) is 17.8 Å². The first-order valence-corrected chi connectivity index (χ1v) is 8.52. The number of rotatable bonds is 6. The van der Waals surface area contributed by atoms with Crippen LogP contribution in [-0.2, 0) is 0 Å². The van der Waals surface area contributed by atoms with Crippen LogP contribution in [-0.4, -0.2) is 17.6 Å². The molecule has 0 saturated heterocycles. The minimum absolute atomic E-state index is 0.302. The normalized spacial score (nSPS) is 11.2. The second kappa shape index (κ2) is 8.17. The molecular formula is C23H21NO2. The number of carboxylic acid groups (broad SMARTS) is 1. The summed E-state index contributed by atoms with van der Waals surface area (Å²) in [6.45, 7) is 2.78. The van der Waals surface area contributed by atoms with Gasteiger partial charge in [0.15, 0.2) is 0 Å². The van der Waals surface area contributed by atoms with Crippen LogP contribution in [0, 0.1) is 0 Å². The molecule has 0 aliphatic carbocycles. The van der Waals surface area contributed by atoms with Gasteiger partial charge in [-0.2, -0.15) is 0 Å². The highest BCUT2D eigenvalue weighted by Gasteiger charge is 2.01. The molecule has 3 aromatic carbocycles. The molecule has 3 nitrogen and oxygen atoms in total. The highest BCUT2D eigenvalue weighted by atomic mass is 16.4. The molecule has 3 rings (SSSR count). The fourth-order valence-electron chi connectivity index (χ4n) is 2.71. The summed E-state index contributed by atoms with van der Waals surface area (Å²) in [4.78, 5) is 10.9. The maximum Gasteiger partial charge on any atom is 0.335 e. The first kappa shape index (κ1) is 17.5. The Hall–Kier alpha value is -3.33. The summed E-state index contributed by atoms with van der Waals surface area (Å²) >= 11 is 0. The van der Waals surface area contributed by atoms with E-state index < -0.39 is 5.97 Å². The van der Waals surface area contributed by atoms with Crippen molar-refractivity contribution in [3.8, 4) is 11.1 Å². The third-order valence-corrected chi connectivity index (χ3v) is 4.13. The maximum atomic E-state index is 10.9. The van der Waals surface area contributed by atoms with Gasteiger partial charge in [0.05, 0.1) is 5.56 Å². The summed E-state index contributed by atoms with van der Waals surface area (Å²) in [5.41, 5.74) is 5.94. The minimum atomic E-state index is -0.905. The predicted molar refractivity (Wildman–Crippen MR) is 107 cm³/mol. The van der Waals surface area contributed by atoms with Crippen molar-refractivity contribution in [1.29, 1.82) is 0 Å². The van der Waals surface area contributed by atoms with Crippen LogP contribution < -0.4 is 5.32 Å². The highest BCUT2D eigenvalue weighted by molar-refractivity contribution is 5.87. The molecule has 3 aromatic rings. The zero-order valence-electron chi connectivity index (χ0n) is 14.6. The summed E-state index contributed by atoms with van der Waals surface area (Å²) in [5, 5.41) is 12.3. The Morgan fingerprint density at radius 3 is 2.12 bits per heavy atom. The second-order valence-electron chi connectivity index (χ2n) is 6.21. The molecule has 0 atom stereocenters. The van der Waals surface area contributed by atoms with Gasteiger partial charge in [-0.3, -0.25) is 0 Å². The van der Waals surface area contributed by atoms with Gasteiger partial charge in [-0.25, -0.2) is 4.79 Å². The maximum absolute atomic E-state index is 10.9. The zero-order chi connectivity index (χ0) is 18.4. The van der Waals surface area contributed by atoms with Gasteiger partial charge in [-0.05, 0) is 47.9 Å². The molecule has 0 aliphatic rings. The Morgan fingerprint density at radius 2 is 1.50 bits per heavy atom. The van der Waals surface area contributed by atoms with E-state index in [1.807, 2.05) is 30.3 Å². The summed E-state index contributed by atoms with van der Waals surface area (Å²) in [6.07, 6.45) is 2.05. The second-order valence-corrected chi connectivity index (χ2v) is 6.21. The molecule has 0 fully saturated rings. The molecule has 0 spiro atoms. The van der Waals surface area contributed by atoms with Crippen LogP contribution in [0.15, 0.2) is 84.4 Å². The predicted octanol–water partition coefficient (Wildman–Crippen LogP) is 5.57. The first-order chi connectivity index (χ1) is 12.6. The summed E-state index contributed by atoms with van der Waals surface area (Å²) < 4.78 is 0. The van der Waals surface area contributed by atoms with Gasteiger partial charge in [0.1, 0.15) is 0 Å². The summed E-state index contributed by atoms with van der Waals surface area (Å²) in [7, 11) is 0. The van der Waals surface area contributed by atoms with Crippen LogP contribution in [0.25, 0.3) is 17.2 Å². The molecule has 130 valence electrons. The number of nitrogens with one attached hydrogen (secondary N) is 1. The molecule has 0 unspecified atom stereocenters. The molecule has 0 aliphatic heterocycles. The number of hydrogen-bond acceptors (Lipinski definition) is 2. The van der Waals surface area contributed by atoms with Gasteiger partial charge in [0.2, 0.25) is 0 Å². The Morgan fingerprint density at radius 1 is 0.885 bits per heavy atom. The smallest absolute Gasteiger partial charge is 0.335 e. The molecule has 0 amide bonds. The third-order valence-electron chi connectivity index (χ3n) is 4.13. The summed E-state index contributed by atoms with van der Waals surface area (Å²) in [5.74, 6) is -0.905. The van der Waals surface area contributed by atoms with Crippen molar-refractivity contribution in [3.63, 3.8) is 0 Å². The lowest BCUT2D eigenvalue weighted by Gasteiger charge is -2.08. The fraction of sp³-hybridized carbons (Fsp3) is 0.0870. The van der Waals surface area contributed by atoms with Crippen LogP contribution in [0.2, 0.25) is 0 Å². The summed E-state index contributed by atoms with van der Waals surface area (Å²) in [6, 6.07) is 25.6. The lowest BCUT2D eigenvalue weighted by atomic mass is 10.1. The Bertz CT molecular complexity index is 895. The SMILES string of the molecule is CC(=Cc1ccc(C(=O)O)cc1)CNc1ccc(-c2ccccc2)cc1. The van der Waals surface area contributed by atoms with Crippen molar-refractivity contribution < 1.29 is 9.90 Å². The number of carbonyl (C=O) groups is 1. The standard InChI is InChI=1S/C23H21NO2/c1-17(15-18-7-9-21(10-8-18)23(25)26)16-24-22-13-11-20(12-14-22)19-5-3-2-4-6-19/h2-15,24H,16H2,1H3,(H,25,26). The number of aromatic carboxylic acids is 1. The molecule has 3 heteroatoms. The lowest BCUT2D eigenvalue weighted by molar-refractivity contribution is 0.0697. The van der Waals surface area contributed by atoms with Gasteiger partial charge in [0.25, 0.3) is 0 Å². The molecule has 0 bridgehead atoms. The van der Waals surface area contributed by atoms with Crippen molar-refractivity contribution in [2.45, 2.75) is 6.92 Å². The number of benzene rings is 3. The molecule has 0 heterocycles. The van der Waals surface area contributed by atoms with Gasteiger partial charge in [-0.1, -0.05) is 66.2 Å². The third kappa shape index (κ3) is 4.61. The largest absolute Gasteiger partial charge is 0.478 e. The van der Waals surface area contributed by atoms with Crippen molar-refractivity contribution in [2.24, 2.45) is 0 Å². The van der Waals surface area contributed by atoms with Crippen LogP contribution in [0.3, 0.4) is 0 Å². The molecule has 0 aromatic heterocycles. The average Bonchev–Trinajstić information content (AvgIpc) is 2.68. The molecule has 2 N–H and O–H groups in total. The van der Waals surface area contributed by atoms with E-state index >= 15 is 0 Å². The van der Waals surface area contributed by atoms with E-state index in [1.54, 1.807) is 12.1 Å². The van der Waals surface area contributed by atoms with Crippen molar-refractivity contribution >= 4 is 17.7 Å². The lowest BCUT2D eigenvalue weighted by Crippen LogP contribution is -2.02.